The van der Waals surface area contributed by atoms with Crippen LogP contribution in [0.5, 0.6) is 11.5 Å². The molecule has 4 aromatic carbocycles. The lowest BCUT2D eigenvalue weighted by molar-refractivity contribution is 0.102. The van der Waals surface area contributed by atoms with E-state index in [2.05, 4.69) is 14.8 Å². The number of anilines is 3. The Morgan fingerprint density at radius 1 is 0.707 bits per heavy atom. The van der Waals surface area contributed by atoms with Crippen molar-refractivity contribution in [3.05, 3.63) is 101 Å². The average Bonchev–Trinajstić information content (AvgIpc) is 2.94. The minimum atomic E-state index is -3.99. The molecule has 0 aliphatic carbocycles. The van der Waals surface area contributed by atoms with Crippen molar-refractivity contribution in [2.75, 3.05) is 29.0 Å². The van der Waals surface area contributed by atoms with Gasteiger partial charge in [0.2, 0.25) is 0 Å². The number of halogens is 1. The Bertz CT molecular complexity index is 1790. The molecule has 4 aromatic rings. The largest absolute Gasteiger partial charge is 0.497 e. The van der Waals surface area contributed by atoms with Crippen molar-refractivity contribution in [2.24, 2.45) is 0 Å². The van der Waals surface area contributed by atoms with Gasteiger partial charge in [0.05, 0.1) is 40.3 Å². The van der Waals surface area contributed by atoms with Gasteiger partial charge in [-0.05, 0) is 73.7 Å². The first kappa shape index (κ1) is 29.7. The Morgan fingerprint density at radius 3 is 1.90 bits per heavy atom. The van der Waals surface area contributed by atoms with Crippen LogP contribution in [0, 0.1) is 6.92 Å². The molecule has 0 aliphatic heterocycles. The molecule has 0 fully saturated rings. The molecule has 0 saturated heterocycles. The molecule has 10 nitrogen and oxygen atoms in total. The normalized spacial score (nSPS) is 11.4. The van der Waals surface area contributed by atoms with Gasteiger partial charge in [-0.25, -0.2) is 16.8 Å². The van der Waals surface area contributed by atoms with Crippen LogP contribution in [-0.2, 0) is 20.0 Å². The quantitative estimate of drug-likeness (QED) is 0.213. The van der Waals surface area contributed by atoms with E-state index in [1.54, 1.807) is 24.3 Å². The van der Waals surface area contributed by atoms with Crippen LogP contribution in [0.3, 0.4) is 0 Å². The predicted octanol–water partition coefficient (Wildman–Crippen LogP) is 5.52. The van der Waals surface area contributed by atoms with Crippen molar-refractivity contribution in [3.63, 3.8) is 0 Å². The van der Waals surface area contributed by atoms with Gasteiger partial charge in [-0.3, -0.25) is 14.2 Å². The van der Waals surface area contributed by atoms with E-state index in [1.165, 1.54) is 74.9 Å². The Kier molecular flexibility index (Phi) is 8.76. The van der Waals surface area contributed by atoms with Crippen molar-refractivity contribution in [1.82, 2.24) is 0 Å². The summed E-state index contributed by atoms with van der Waals surface area (Å²) in [7, 11) is -4.99. The van der Waals surface area contributed by atoms with E-state index in [1.807, 2.05) is 6.92 Å². The number of carbonyl (C=O) groups excluding carboxylic acids is 1. The first-order valence-corrected chi connectivity index (χ1v) is 15.3. The average molecular weight is 616 g/mol. The monoisotopic (exact) mass is 615 g/mol. The summed E-state index contributed by atoms with van der Waals surface area (Å²) in [4.78, 5) is 13.0. The van der Waals surface area contributed by atoms with Gasteiger partial charge in [0, 0.05) is 17.4 Å². The molecule has 0 saturated carbocycles. The molecule has 214 valence electrons. The molecule has 0 spiro atoms. The van der Waals surface area contributed by atoms with Crippen molar-refractivity contribution < 1.29 is 31.1 Å². The first-order valence-electron chi connectivity index (χ1n) is 12.0. The van der Waals surface area contributed by atoms with Gasteiger partial charge in [0.1, 0.15) is 11.5 Å². The zero-order valence-corrected chi connectivity index (χ0v) is 24.5. The Hall–Kier alpha value is -4.26. The van der Waals surface area contributed by atoms with Gasteiger partial charge in [-0.1, -0.05) is 29.3 Å². The van der Waals surface area contributed by atoms with E-state index < -0.39 is 26.0 Å². The summed E-state index contributed by atoms with van der Waals surface area (Å²) in [6, 6.07) is 20.6. The van der Waals surface area contributed by atoms with Crippen molar-refractivity contribution in [1.29, 1.82) is 0 Å². The summed E-state index contributed by atoms with van der Waals surface area (Å²) >= 11 is 6.23. The van der Waals surface area contributed by atoms with Gasteiger partial charge in [0.15, 0.2) is 0 Å². The summed E-state index contributed by atoms with van der Waals surface area (Å²) in [5.41, 5.74) is 1.58. The number of sulfonamides is 2. The molecule has 41 heavy (non-hydrogen) atoms. The third-order valence-corrected chi connectivity index (χ3v) is 8.98. The number of nitrogens with one attached hydrogen (secondary N) is 3. The second kappa shape index (κ2) is 12.1. The van der Waals surface area contributed by atoms with Gasteiger partial charge in [-0.15, -0.1) is 0 Å². The summed E-state index contributed by atoms with van der Waals surface area (Å²) in [6.07, 6.45) is 0. The van der Waals surface area contributed by atoms with Crippen LogP contribution >= 0.6 is 11.6 Å². The van der Waals surface area contributed by atoms with Crippen LogP contribution in [0.2, 0.25) is 5.02 Å². The zero-order valence-electron chi connectivity index (χ0n) is 22.1. The van der Waals surface area contributed by atoms with E-state index in [-0.39, 0.29) is 43.2 Å². The zero-order chi connectivity index (χ0) is 29.8. The molecule has 13 heteroatoms. The molecule has 0 aromatic heterocycles. The van der Waals surface area contributed by atoms with E-state index in [9.17, 15) is 21.6 Å². The maximum Gasteiger partial charge on any atom is 0.262 e. The van der Waals surface area contributed by atoms with Gasteiger partial charge < -0.3 is 14.8 Å². The predicted molar refractivity (Wildman–Crippen MR) is 158 cm³/mol. The second-order valence-corrected chi connectivity index (χ2v) is 12.5. The lowest BCUT2D eigenvalue weighted by Gasteiger charge is -2.14. The minimum Gasteiger partial charge on any atom is -0.497 e. The van der Waals surface area contributed by atoms with Crippen molar-refractivity contribution >= 4 is 54.6 Å². The third kappa shape index (κ3) is 7.09. The molecular weight excluding hydrogens is 590 g/mol. The summed E-state index contributed by atoms with van der Waals surface area (Å²) in [5.74, 6) is 0.152. The summed E-state index contributed by atoms with van der Waals surface area (Å²) < 4.78 is 66.7. The fourth-order valence-electron chi connectivity index (χ4n) is 3.70. The number of ether oxygens (including phenoxy) is 2. The highest BCUT2D eigenvalue weighted by atomic mass is 35.5. The molecule has 4 rings (SSSR count). The van der Waals surface area contributed by atoms with Crippen LogP contribution in [0.4, 0.5) is 17.1 Å². The number of hydrogen-bond donors (Lipinski definition) is 3. The topological polar surface area (TPSA) is 140 Å². The number of carbonyl (C=O) groups is 1. The molecular formula is C28H26ClN3O7S2. The summed E-state index contributed by atoms with van der Waals surface area (Å²) in [6.45, 7) is 1.84. The van der Waals surface area contributed by atoms with Crippen LogP contribution < -0.4 is 24.2 Å². The number of benzene rings is 4. The van der Waals surface area contributed by atoms with Crippen LogP contribution in [0.15, 0.2) is 94.7 Å². The number of methoxy groups -OCH3 is 2. The molecule has 1 amide bonds. The van der Waals surface area contributed by atoms with E-state index in [0.29, 0.717) is 5.75 Å². The van der Waals surface area contributed by atoms with Gasteiger partial charge in [0.25, 0.3) is 26.0 Å². The van der Waals surface area contributed by atoms with E-state index in [0.717, 1.165) is 5.56 Å². The maximum absolute atomic E-state index is 13.0. The Morgan fingerprint density at radius 2 is 1.29 bits per heavy atom. The molecule has 0 unspecified atom stereocenters. The SMILES string of the molecule is COc1ccc(NS(=O)(=O)c2ccc(NC(=O)c3cc(NS(=O)(=O)c4ccc(C)cc4)ccc3Cl)cc2)c(OC)c1. The molecule has 0 radical (unpaired) electrons. The lowest BCUT2D eigenvalue weighted by Crippen LogP contribution is -2.16. The fraction of sp³-hybridized carbons (Fsp3) is 0.107. The smallest absolute Gasteiger partial charge is 0.262 e. The maximum atomic E-state index is 13.0. The standard InChI is InChI=1S/C28H26ClN3O7S2/c1-18-4-10-22(11-5-18)40(34,35)31-20-8-14-25(29)24(16-20)28(33)30-19-6-12-23(13-7-19)41(36,37)32-26-15-9-21(38-2)17-27(26)39-3/h4-17,31-32H,1-3H3,(H,30,33). The number of amides is 1. The van der Waals surface area contributed by atoms with E-state index >= 15 is 0 Å². The van der Waals surface area contributed by atoms with Gasteiger partial charge >= 0.3 is 0 Å². The highest BCUT2D eigenvalue weighted by molar-refractivity contribution is 7.93. The molecule has 0 atom stereocenters. The fourth-order valence-corrected chi connectivity index (χ4v) is 6.02. The van der Waals surface area contributed by atoms with Crippen molar-refractivity contribution in [2.45, 2.75) is 16.7 Å². The van der Waals surface area contributed by atoms with Gasteiger partial charge in [-0.2, -0.15) is 0 Å². The molecule has 3 N–H and O–H groups in total. The minimum absolute atomic E-state index is 0.0146. The number of hydrogen-bond acceptors (Lipinski definition) is 7. The molecule has 0 bridgehead atoms. The van der Waals surface area contributed by atoms with Crippen LogP contribution in [-0.4, -0.2) is 37.0 Å². The van der Waals surface area contributed by atoms with Crippen LogP contribution in [0.1, 0.15) is 15.9 Å². The third-order valence-electron chi connectivity index (χ3n) is 5.87. The van der Waals surface area contributed by atoms with Crippen molar-refractivity contribution in [3.8, 4) is 11.5 Å². The summed E-state index contributed by atoms with van der Waals surface area (Å²) in [5, 5.41) is 2.73. The van der Waals surface area contributed by atoms with E-state index in [4.69, 9.17) is 21.1 Å². The number of aryl methyl sites for hydroxylation is 1. The Balaban J connectivity index is 1.48. The highest BCUT2D eigenvalue weighted by Crippen LogP contribution is 2.31. The molecule has 0 heterocycles. The van der Waals surface area contributed by atoms with Crippen LogP contribution in [0.25, 0.3) is 0 Å². The lowest BCUT2D eigenvalue weighted by atomic mass is 10.2. The Labute approximate surface area is 243 Å². The molecule has 0 aliphatic rings. The first-order chi connectivity index (χ1) is 19.4. The second-order valence-electron chi connectivity index (χ2n) is 8.76. The highest BCUT2D eigenvalue weighted by Gasteiger charge is 2.19. The number of rotatable bonds is 10.